The maximum Gasteiger partial charge on any atom is 0.120 e. The van der Waals surface area contributed by atoms with Crippen LogP contribution in [0.25, 0.3) is 0 Å². The van der Waals surface area contributed by atoms with Gasteiger partial charge in [0.1, 0.15) is 11.5 Å². The summed E-state index contributed by atoms with van der Waals surface area (Å²) in [5.74, 6) is 1.94. The van der Waals surface area contributed by atoms with E-state index in [2.05, 4.69) is 10.2 Å². The first-order valence-electron chi connectivity index (χ1n) is 8.07. The number of methoxy groups -OCH3 is 1. The number of piperidine rings is 1. The Morgan fingerprint density at radius 2 is 2.19 bits per heavy atom. The van der Waals surface area contributed by atoms with E-state index in [0.29, 0.717) is 11.8 Å². The Morgan fingerprint density at radius 3 is 2.86 bits per heavy atom. The Hall–Kier alpha value is -1.26. The van der Waals surface area contributed by atoms with E-state index in [1.165, 1.54) is 25.7 Å². The number of nitrogens with zero attached hydrogens (tertiary/aromatic N) is 1. The lowest BCUT2D eigenvalue weighted by Gasteiger charge is -2.30. The summed E-state index contributed by atoms with van der Waals surface area (Å²) in [6.07, 6.45) is 5.20. The number of nitrogens with one attached hydrogen (secondary N) is 1. The van der Waals surface area contributed by atoms with Gasteiger partial charge in [-0.3, -0.25) is 4.90 Å². The maximum absolute atomic E-state index is 10.1. The standard InChI is InChI=1S/C17H26N2O2/c1-21-16-6-7-17(20)14(9-16)12-19(15-4-5-15)11-13-3-2-8-18-10-13/h6-7,9,13,15,18,20H,2-5,8,10-12H2,1H3. The fourth-order valence-corrected chi connectivity index (χ4v) is 3.23. The van der Waals surface area contributed by atoms with Gasteiger partial charge in [-0.15, -0.1) is 0 Å². The smallest absolute Gasteiger partial charge is 0.120 e. The van der Waals surface area contributed by atoms with E-state index in [0.717, 1.165) is 43.4 Å². The minimum Gasteiger partial charge on any atom is -0.508 e. The Morgan fingerprint density at radius 1 is 1.33 bits per heavy atom. The highest BCUT2D eigenvalue weighted by molar-refractivity contribution is 5.39. The third-order valence-electron chi connectivity index (χ3n) is 4.62. The molecule has 1 atom stereocenters. The number of ether oxygens (including phenoxy) is 1. The fraction of sp³-hybridized carbons (Fsp3) is 0.647. The van der Waals surface area contributed by atoms with Gasteiger partial charge in [-0.05, 0) is 62.9 Å². The van der Waals surface area contributed by atoms with Gasteiger partial charge in [0, 0.05) is 24.7 Å². The lowest BCUT2D eigenvalue weighted by Crippen LogP contribution is -2.39. The molecule has 116 valence electrons. The van der Waals surface area contributed by atoms with Crippen molar-refractivity contribution >= 4 is 0 Å². The summed E-state index contributed by atoms with van der Waals surface area (Å²) < 4.78 is 5.28. The van der Waals surface area contributed by atoms with Crippen LogP contribution in [0, 0.1) is 5.92 Å². The van der Waals surface area contributed by atoms with Crippen LogP contribution in [-0.2, 0) is 6.54 Å². The van der Waals surface area contributed by atoms with E-state index in [-0.39, 0.29) is 0 Å². The SMILES string of the molecule is COc1ccc(O)c(CN(CC2CCCNC2)C2CC2)c1. The Bertz CT molecular complexity index is 468. The molecule has 1 saturated heterocycles. The van der Waals surface area contributed by atoms with Crippen LogP contribution >= 0.6 is 0 Å². The van der Waals surface area contributed by atoms with Crippen LogP contribution in [0.3, 0.4) is 0 Å². The molecule has 3 rings (SSSR count). The van der Waals surface area contributed by atoms with Crippen molar-refractivity contribution in [2.24, 2.45) is 5.92 Å². The van der Waals surface area contributed by atoms with Gasteiger partial charge < -0.3 is 15.2 Å². The summed E-state index contributed by atoms with van der Waals surface area (Å²) in [7, 11) is 1.67. The van der Waals surface area contributed by atoms with Gasteiger partial charge in [-0.1, -0.05) is 0 Å². The van der Waals surface area contributed by atoms with Crippen LogP contribution in [0.5, 0.6) is 11.5 Å². The molecule has 4 heteroatoms. The number of phenolic OH excluding ortho intramolecular Hbond substituents is 1. The largest absolute Gasteiger partial charge is 0.508 e. The predicted octanol–water partition coefficient (Wildman–Crippen LogP) is 2.36. The van der Waals surface area contributed by atoms with E-state index in [1.54, 1.807) is 13.2 Å². The summed E-state index contributed by atoms with van der Waals surface area (Å²) in [6, 6.07) is 6.22. The van der Waals surface area contributed by atoms with Crippen LogP contribution in [-0.4, -0.2) is 42.8 Å². The first-order valence-corrected chi connectivity index (χ1v) is 8.07. The third kappa shape index (κ3) is 3.89. The molecule has 0 bridgehead atoms. The van der Waals surface area contributed by atoms with Crippen LogP contribution in [0.15, 0.2) is 18.2 Å². The number of benzene rings is 1. The first kappa shape index (κ1) is 14.7. The van der Waals surface area contributed by atoms with E-state index in [4.69, 9.17) is 4.74 Å². The summed E-state index contributed by atoms with van der Waals surface area (Å²) >= 11 is 0. The monoisotopic (exact) mass is 290 g/mol. The number of rotatable bonds is 6. The second kappa shape index (κ2) is 6.67. The number of aromatic hydroxyl groups is 1. The van der Waals surface area contributed by atoms with Crippen molar-refractivity contribution in [3.05, 3.63) is 23.8 Å². The zero-order valence-corrected chi connectivity index (χ0v) is 12.8. The highest BCUT2D eigenvalue weighted by atomic mass is 16.5. The molecule has 2 fully saturated rings. The van der Waals surface area contributed by atoms with Gasteiger partial charge in [-0.2, -0.15) is 0 Å². The van der Waals surface area contributed by atoms with Crippen LogP contribution in [0.4, 0.5) is 0 Å². The molecule has 4 nitrogen and oxygen atoms in total. The molecule has 0 radical (unpaired) electrons. The lowest BCUT2D eigenvalue weighted by atomic mass is 9.98. The molecule has 2 N–H and O–H groups in total. The second-order valence-corrected chi connectivity index (χ2v) is 6.37. The average molecular weight is 290 g/mol. The summed E-state index contributed by atoms with van der Waals surface area (Å²) in [5.41, 5.74) is 0.977. The van der Waals surface area contributed by atoms with Crippen molar-refractivity contribution in [3.8, 4) is 11.5 Å². The van der Waals surface area contributed by atoms with Crippen LogP contribution < -0.4 is 10.1 Å². The van der Waals surface area contributed by atoms with Crippen molar-refractivity contribution in [1.29, 1.82) is 0 Å². The molecule has 0 spiro atoms. The van der Waals surface area contributed by atoms with Gasteiger partial charge in [-0.25, -0.2) is 0 Å². The number of hydrogen-bond donors (Lipinski definition) is 2. The molecule has 1 heterocycles. The zero-order valence-electron chi connectivity index (χ0n) is 12.8. The van der Waals surface area contributed by atoms with Gasteiger partial charge in [0.05, 0.1) is 7.11 Å². The second-order valence-electron chi connectivity index (χ2n) is 6.37. The minimum atomic E-state index is 0.378. The van der Waals surface area contributed by atoms with Gasteiger partial charge >= 0.3 is 0 Å². The predicted molar refractivity (Wildman–Crippen MR) is 83.7 cm³/mol. The van der Waals surface area contributed by atoms with Crippen LogP contribution in [0.1, 0.15) is 31.2 Å². The van der Waals surface area contributed by atoms with E-state index >= 15 is 0 Å². The third-order valence-corrected chi connectivity index (χ3v) is 4.62. The Labute approximate surface area is 127 Å². The number of phenols is 1. The summed E-state index contributed by atoms with van der Waals surface area (Å²) in [4.78, 5) is 2.55. The molecule has 0 amide bonds. The summed E-state index contributed by atoms with van der Waals surface area (Å²) in [5, 5.41) is 13.6. The van der Waals surface area contributed by atoms with Gasteiger partial charge in [0.2, 0.25) is 0 Å². The van der Waals surface area contributed by atoms with Gasteiger partial charge in [0.25, 0.3) is 0 Å². The lowest BCUT2D eigenvalue weighted by molar-refractivity contribution is 0.191. The molecule has 1 saturated carbocycles. The molecule has 2 aliphatic rings. The van der Waals surface area contributed by atoms with E-state index in [9.17, 15) is 5.11 Å². The molecule has 1 unspecified atom stereocenters. The van der Waals surface area contributed by atoms with Crippen molar-refractivity contribution in [2.75, 3.05) is 26.7 Å². The Kier molecular flexibility index (Phi) is 4.66. The highest BCUT2D eigenvalue weighted by Gasteiger charge is 2.31. The summed E-state index contributed by atoms with van der Waals surface area (Å²) in [6.45, 7) is 4.25. The molecule has 21 heavy (non-hydrogen) atoms. The molecular weight excluding hydrogens is 264 g/mol. The first-order chi connectivity index (χ1) is 10.3. The zero-order chi connectivity index (χ0) is 14.7. The molecule has 1 aromatic rings. The minimum absolute atomic E-state index is 0.378. The average Bonchev–Trinajstić information content (AvgIpc) is 3.34. The fourth-order valence-electron chi connectivity index (χ4n) is 3.23. The number of hydrogen-bond acceptors (Lipinski definition) is 4. The van der Waals surface area contributed by atoms with Crippen molar-refractivity contribution < 1.29 is 9.84 Å². The van der Waals surface area contributed by atoms with Crippen molar-refractivity contribution in [2.45, 2.75) is 38.3 Å². The molecule has 1 aliphatic carbocycles. The normalized spacial score (nSPS) is 22.5. The maximum atomic E-state index is 10.1. The van der Waals surface area contributed by atoms with Gasteiger partial charge in [0.15, 0.2) is 0 Å². The van der Waals surface area contributed by atoms with Crippen LogP contribution in [0.2, 0.25) is 0 Å². The topological polar surface area (TPSA) is 44.7 Å². The van der Waals surface area contributed by atoms with E-state index in [1.807, 2.05) is 12.1 Å². The highest BCUT2D eigenvalue weighted by Crippen LogP contribution is 2.32. The molecule has 1 aromatic carbocycles. The van der Waals surface area contributed by atoms with Crippen molar-refractivity contribution in [1.82, 2.24) is 10.2 Å². The Balaban J connectivity index is 1.67. The van der Waals surface area contributed by atoms with E-state index < -0.39 is 0 Å². The van der Waals surface area contributed by atoms with Crippen molar-refractivity contribution in [3.63, 3.8) is 0 Å². The molecule has 1 aliphatic heterocycles. The molecule has 0 aromatic heterocycles. The quantitative estimate of drug-likeness (QED) is 0.844. The molecular formula is C17H26N2O2.